The summed E-state index contributed by atoms with van der Waals surface area (Å²) in [7, 11) is 0. The number of nitrogens with zero attached hydrogens (tertiary/aromatic N) is 2. The molecule has 1 fully saturated rings. The highest BCUT2D eigenvalue weighted by Crippen LogP contribution is 2.39. The monoisotopic (exact) mass is 293 g/mol. The summed E-state index contributed by atoms with van der Waals surface area (Å²) in [5.74, 6) is 1.85. The molecule has 2 aliphatic rings. The molecule has 2 atom stereocenters. The van der Waals surface area contributed by atoms with E-state index in [0.29, 0.717) is 19.1 Å². The third-order valence-electron chi connectivity index (χ3n) is 3.87. The lowest BCUT2D eigenvalue weighted by Gasteiger charge is -2.33. The maximum absolute atomic E-state index is 8.75. The molecule has 0 saturated carbocycles. The first-order valence-electron chi connectivity index (χ1n) is 6.81. The van der Waals surface area contributed by atoms with E-state index in [4.69, 9.17) is 15.7 Å². The molecule has 1 aromatic rings. The van der Waals surface area contributed by atoms with Crippen molar-refractivity contribution in [3.05, 3.63) is 29.8 Å². The van der Waals surface area contributed by atoms with Crippen molar-refractivity contribution in [2.45, 2.75) is 16.9 Å². The maximum atomic E-state index is 8.75. The Morgan fingerprint density at radius 1 is 1.50 bits per heavy atom. The van der Waals surface area contributed by atoms with E-state index in [2.05, 4.69) is 34.3 Å². The molecule has 2 aliphatic heterocycles. The van der Waals surface area contributed by atoms with Gasteiger partial charge in [0, 0.05) is 36.2 Å². The molecule has 0 aromatic heterocycles. The quantitative estimate of drug-likeness (QED) is 0.381. The second-order valence-electron chi connectivity index (χ2n) is 5.19. The van der Waals surface area contributed by atoms with Gasteiger partial charge in [-0.2, -0.15) is 0 Å². The minimum absolute atomic E-state index is 0.163. The Morgan fingerprint density at radius 2 is 2.35 bits per heavy atom. The Morgan fingerprint density at radius 3 is 3.20 bits per heavy atom. The van der Waals surface area contributed by atoms with E-state index < -0.39 is 0 Å². The number of amidine groups is 1. The summed E-state index contributed by atoms with van der Waals surface area (Å²) < 4.78 is 5.53. The number of hydrogen-bond acceptors (Lipinski definition) is 5. The number of thioether (sulfide) groups is 1. The summed E-state index contributed by atoms with van der Waals surface area (Å²) in [4.78, 5) is 3.75. The maximum Gasteiger partial charge on any atom is 0.169 e. The lowest BCUT2D eigenvalue weighted by molar-refractivity contribution is 0.00318. The fourth-order valence-corrected chi connectivity index (χ4v) is 4.05. The van der Waals surface area contributed by atoms with Gasteiger partial charge in [-0.3, -0.25) is 4.90 Å². The highest BCUT2D eigenvalue weighted by Gasteiger charge is 2.29. The molecule has 0 radical (unpaired) electrons. The molecule has 1 aromatic carbocycles. The van der Waals surface area contributed by atoms with E-state index in [0.717, 1.165) is 18.8 Å². The number of rotatable bonds is 3. The van der Waals surface area contributed by atoms with Crippen LogP contribution in [0.15, 0.2) is 34.3 Å². The summed E-state index contributed by atoms with van der Waals surface area (Å²) in [6.45, 7) is 3.22. The fourth-order valence-electron chi connectivity index (χ4n) is 2.80. The number of fused-ring (bicyclic) bond motifs is 1. The molecular weight excluding hydrogens is 274 g/mol. The minimum atomic E-state index is -0.293. The van der Waals surface area contributed by atoms with Gasteiger partial charge in [0.25, 0.3) is 0 Å². The van der Waals surface area contributed by atoms with Gasteiger partial charge in [-0.1, -0.05) is 23.4 Å². The molecule has 2 heterocycles. The zero-order valence-corrected chi connectivity index (χ0v) is 12.1. The third kappa shape index (κ3) is 2.77. The zero-order chi connectivity index (χ0) is 13.9. The van der Waals surface area contributed by atoms with Crippen LogP contribution in [0.5, 0.6) is 0 Å². The average molecular weight is 293 g/mol. The largest absolute Gasteiger partial charge is 0.409 e. The van der Waals surface area contributed by atoms with Crippen LogP contribution in [-0.4, -0.2) is 54.0 Å². The van der Waals surface area contributed by atoms with Gasteiger partial charge in [-0.05, 0) is 11.6 Å². The number of nitrogens with two attached hydrogens (primary N) is 1. The number of hydrogen-bond donors (Lipinski definition) is 2. The second-order valence-corrected chi connectivity index (χ2v) is 6.25. The lowest BCUT2D eigenvalue weighted by atomic mass is 10.0. The summed E-state index contributed by atoms with van der Waals surface area (Å²) >= 11 is 1.93. The molecule has 5 nitrogen and oxygen atoms in total. The Bertz CT molecular complexity index is 509. The Kier molecular flexibility index (Phi) is 4.14. The van der Waals surface area contributed by atoms with Crippen molar-refractivity contribution in [2.24, 2.45) is 10.9 Å². The number of ether oxygens (including phenoxy) is 1. The minimum Gasteiger partial charge on any atom is -0.409 e. The summed E-state index contributed by atoms with van der Waals surface area (Å²) in [5, 5.41) is 11.8. The van der Waals surface area contributed by atoms with Gasteiger partial charge in [0.15, 0.2) is 5.84 Å². The predicted octanol–water partition coefficient (Wildman–Crippen LogP) is 1.32. The first-order valence-corrected chi connectivity index (χ1v) is 7.79. The number of morpholine rings is 1. The normalized spacial score (nSPS) is 27.5. The number of oxime groups is 1. The van der Waals surface area contributed by atoms with E-state index in [9.17, 15) is 0 Å². The molecule has 108 valence electrons. The average Bonchev–Trinajstić information content (AvgIpc) is 2.90. The zero-order valence-electron chi connectivity index (χ0n) is 11.2. The lowest BCUT2D eigenvalue weighted by Crippen LogP contribution is -2.49. The van der Waals surface area contributed by atoms with Crippen LogP contribution in [0.1, 0.15) is 11.5 Å². The van der Waals surface area contributed by atoms with Crippen LogP contribution >= 0.6 is 11.8 Å². The molecule has 3 rings (SSSR count). The van der Waals surface area contributed by atoms with Crippen molar-refractivity contribution >= 4 is 17.6 Å². The molecule has 2 unspecified atom stereocenters. The molecule has 1 saturated heterocycles. The summed E-state index contributed by atoms with van der Waals surface area (Å²) in [5.41, 5.74) is 7.09. The molecule has 0 amide bonds. The van der Waals surface area contributed by atoms with Gasteiger partial charge >= 0.3 is 0 Å². The summed E-state index contributed by atoms with van der Waals surface area (Å²) in [6, 6.07) is 8.62. The SMILES string of the molecule is NC(=NO)C1CN(CC2CSc3ccccc32)CCO1. The fraction of sp³-hybridized carbons (Fsp3) is 0.500. The van der Waals surface area contributed by atoms with Gasteiger partial charge in [0.05, 0.1) is 6.61 Å². The van der Waals surface area contributed by atoms with E-state index >= 15 is 0 Å². The highest BCUT2D eigenvalue weighted by atomic mass is 32.2. The van der Waals surface area contributed by atoms with Crippen molar-refractivity contribution in [3.8, 4) is 0 Å². The highest BCUT2D eigenvalue weighted by molar-refractivity contribution is 7.99. The van der Waals surface area contributed by atoms with Crippen molar-refractivity contribution in [1.29, 1.82) is 0 Å². The van der Waals surface area contributed by atoms with Crippen LogP contribution in [-0.2, 0) is 4.74 Å². The van der Waals surface area contributed by atoms with E-state index in [1.54, 1.807) is 0 Å². The smallest absolute Gasteiger partial charge is 0.169 e. The number of benzene rings is 1. The Balaban J connectivity index is 1.64. The van der Waals surface area contributed by atoms with E-state index in [1.807, 2.05) is 11.8 Å². The standard InChI is InChI=1S/C14H19N3O2S/c15-14(16-18)12-8-17(5-6-19-12)7-10-9-20-13-4-2-1-3-11(10)13/h1-4,10,12,18H,5-9H2,(H2,15,16). The van der Waals surface area contributed by atoms with Crippen molar-refractivity contribution in [2.75, 3.05) is 32.0 Å². The summed E-state index contributed by atoms with van der Waals surface area (Å²) in [6.07, 6.45) is -0.293. The van der Waals surface area contributed by atoms with Gasteiger partial charge in [0.1, 0.15) is 6.10 Å². The van der Waals surface area contributed by atoms with Gasteiger partial charge in [-0.15, -0.1) is 11.8 Å². The molecule has 20 heavy (non-hydrogen) atoms. The molecule has 3 N–H and O–H groups in total. The second kappa shape index (κ2) is 6.03. The van der Waals surface area contributed by atoms with E-state index in [1.165, 1.54) is 10.5 Å². The third-order valence-corrected chi connectivity index (χ3v) is 5.13. The van der Waals surface area contributed by atoms with Crippen LogP contribution in [0.4, 0.5) is 0 Å². The molecule has 0 aliphatic carbocycles. The molecular formula is C14H19N3O2S. The first-order chi connectivity index (χ1) is 9.78. The molecule has 0 spiro atoms. The van der Waals surface area contributed by atoms with Gasteiger partial charge in [0.2, 0.25) is 0 Å². The topological polar surface area (TPSA) is 71.1 Å². The van der Waals surface area contributed by atoms with Crippen LogP contribution in [0.25, 0.3) is 0 Å². The Labute approximate surface area is 122 Å². The van der Waals surface area contributed by atoms with Crippen molar-refractivity contribution < 1.29 is 9.94 Å². The van der Waals surface area contributed by atoms with Crippen LogP contribution in [0, 0.1) is 0 Å². The Hall–Kier alpha value is -1.24. The van der Waals surface area contributed by atoms with Crippen molar-refractivity contribution in [3.63, 3.8) is 0 Å². The van der Waals surface area contributed by atoms with Crippen LogP contribution in [0.3, 0.4) is 0 Å². The molecule has 6 heteroatoms. The van der Waals surface area contributed by atoms with Crippen molar-refractivity contribution in [1.82, 2.24) is 4.90 Å². The van der Waals surface area contributed by atoms with Gasteiger partial charge < -0.3 is 15.7 Å². The van der Waals surface area contributed by atoms with E-state index in [-0.39, 0.29) is 11.9 Å². The predicted molar refractivity (Wildman–Crippen MR) is 79.5 cm³/mol. The first kappa shape index (κ1) is 13.7. The van der Waals surface area contributed by atoms with Crippen LogP contribution in [0.2, 0.25) is 0 Å². The van der Waals surface area contributed by atoms with Gasteiger partial charge in [-0.25, -0.2) is 0 Å². The van der Waals surface area contributed by atoms with Crippen LogP contribution < -0.4 is 5.73 Å². The molecule has 0 bridgehead atoms.